The Bertz CT molecular complexity index is 578. The molecular formula is C17H25BrF2N4O. The van der Waals surface area contributed by atoms with Crippen molar-refractivity contribution in [3.8, 4) is 5.75 Å². The zero-order valence-corrected chi connectivity index (χ0v) is 16.2. The maximum Gasteiger partial charge on any atom is 0.251 e. The average Bonchev–Trinajstić information content (AvgIpc) is 2.59. The number of hydrogen-bond acceptors (Lipinski definition) is 3. The Morgan fingerprint density at radius 3 is 2.72 bits per heavy atom. The van der Waals surface area contributed by atoms with Crippen LogP contribution in [-0.4, -0.2) is 57.1 Å². The fraction of sp³-hybridized carbons (Fsp3) is 0.588. The van der Waals surface area contributed by atoms with Crippen molar-refractivity contribution in [2.75, 3.05) is 33.8 Å². The molecule has 0 unspecified atom stereocenters. The lowest BCUT2D eigenvalue weighted by Gasteiger charge is -2.32. The summed E-state index contributed by atoms with van der Waals surface area (Å²) in [5.74, 6) is 1.51. The summed E-state index contributed by atoms with van der Waals surface area (Å²) >= 11 is 3.46. The molecule has 1 heterocycles. The lowest BCUT2D eigenvalue weighted by molar-refractivity contribution is 0.0744. The topological polar surface area (TPSA) is 48.9 Å². The molecule has 0 saturated carbocycles. The van der Waals surface area contributed by atoms with Gasteiger partial charge in [0.05, 0.1) is 13.7 Å². The number of guanidine groups is 1. The van der Waals surface area contributed by atoms with E-state index in [0.29, 0.717) is 25.6 Å². The molecule has 0 aliphatic carbocycles. The number of nitrogens with one attached hydrogen (secondary N) is 2. The van der Waals surface area contributed by atoms with Gasteiger partial charge < -0.3 is 15.4 Å². The normalized spacial score (nSPS) is 17.0. The molecule has 8 heteroatoms. The van der Waals surface area contributed by atoms with E-state index in [4.69, 9.17) is 4.74 Å². The van der Waals surface area contributed by atoms with Gasteiger partial charge in [-0.2, -0.15) is 0 Å². The minimum atomic E-state index is -2.26. The first-order valence-electron chi connectivity index (χ1n) is 8.32. The Hall–Kier alpha value is -1.41. The number of aliphatic imine (C=N–C) groups is 1. The molecule has 0 bridgehead atoms. The second kappa shape index (κ2) is 9.91. The summed E-state index contributed by atoms with van der Waals surface area (Å²) in [4.78, 5) is 6.06. The first-order valence-corrected chi connectivity index (χ1v) is 9.11. The van der Waals surface area contributed by atoms with Gasteiger partial charge in [-0.1, -0.05) is 15.9 Å². The average molecular weight is 419 g/mol. The van der Waals surface area contributed by atoms with Gasteiger partial charge in [0.15, 0.2) is 5.96 Å². The highest BCUT2D eigenvalue weighted by Gasteiger charge is 2.22. The summed E-state index contributed by atoms with van der Waals surface area (Å²) in [7, 11) is 3.37. The molecular weight excluding hydrogens is 394 g/mol. The standard InChI is InChI=1S/C17H25BrF2N4O/c1-21-17(22-10-12-9-13(18)3-4-15(12)25-2)23-14-5-7-24(8-6-14)11-16(19)20/h3-4,9,14,16H,5-8,10-11H2,1-2H3,(H2,21,22,23). The number of methoxy groups -OCH3 is 1. The van der Waals surface area contributed by atoms with E-state index in [1.54, 1.807) is 14.2 Å². The number of piperidine rings is 1. The summed E-state index contributed by atoms with van der Waals surface area (Å²) in [6.07, 6.45) is -0.611. The monoisotopic (exact) mass is 418 g/mol. The maximum absolute atomic E-state index is 12.4. The number of rotatable bonds is 6. The Balaban J connectivity index is 1.83. The second-order valence-electron chi connectivity index (χ2n) is 5.99. The van der Waals surface area contributed by atoms with Crippen molar-refractivity contribution in [3.63, 3.8) is 0 Å². The second-order valence-corrected chi connectivity index (χ2v) is 6.91. The molecule has 0 radical (unpaired) electrons. The molecule has 1 aliphatic rings. The van der Waals surface area contributed by atoms with Gasteiger partial charge in [0.2, 0.25) is 0 Å². The maximum atomic E-state index is 12.4. The van der Waals surface area contributed by atoms with Crippen LogP contribution in [0.2, 0.25) is 0 Å². The van der Waals surface area contributed by atoms with Crippen LogP contribution in [-0.2, 0) is 6.54 Å². The van der Waals surface area contributed by atoms with Crippen molar-refractivity contribution in [3.05, 3.63) is 28.2 Å². The van der Waals surface area contributed by atoms with Gasteiger partial charge in [0.1, 0.15) is 5.75 Å². The Kier molecular flexibility index (Phi) is 7.90. The van der Waals surface area contributed by atoms with Crippen LogP contribution in [0, 0.1) is 0 Å². The van der Waals surface area contributed by atoms with Crippen LogP contribution in [0.1, 0.15) is 18.4 Å². The van der Waals surface area contributed by atoms with Crippen LogP contribution >= 0.6 is 15.9 Å². The van der Waals surface area contributed by atoms with Crippen molar-refractivity contribution >= 4 is 21.9 Å². The van der Waals surface area contributed by atoms with Crippen LogP contribution in [0.4, 0.5) is 8.78 Å². The van der Waals surface area contributed by atoms with E-state index < -0.39 is 6.43 Å². The number of ether oxygens (including phenoxy) is 1. The predicted molar refractivity (Wildman–Crippen MR) is 99.5 cm³/mol. The van der Waals surface area contributed by atoms with Crippen molar-refractivity contribution in [1.82, 2.24) is 15.5 Å². The van der Waals surface area contributed by atoms with Gasteiger partial charge in [-0.25, -0.2) is 8.78 Å². The fourth-order valence-corrected chi connectivity index (χ4v) is 3.32. The molecule has 0 atom stereocenters. The molecule has 1 aliphatic heterocycles. The number of alkyl halides is 2. The minimum absolute atomic E-state index is 0.137. The van der Waals surface area contributed by atoms with Crippen molar-refractivity contribution in [1.29, 1.82) is 0 Å². The van der Waals surface area contributed by atoms with Crippen LogP contribution in [0.15, 0.2) is 27.7 Å². The molecule has 1 fully saturated rings. The summed E-state index contributed by atoms with van der Waals surface area (Å²) in [5, 5.41) is 6.66. The van der Waals surface area contributed by atoms with E-state index in [9.17, 15) is 8.78 Å². The molecule has 25 heavy (non-hydrogen) atoms. The van der Waals surface area contributed by atoms with Crippen molar-refractivity contribution < 1.29 is 13.5 Å². The highest BCUT2D eigenvalue weighted by molar-refractivity contribution is 9.10. The molecule has 1 saturated heterocycles. The molecule has 0 aromatic heterocycles. The molecule has 1 aromatic carbocycles. The van der Waals surface area contributed by atoms with Gasteiger partial charge in [0.25, 0.3) is 6.43 Å². The SMILES string of the molecule is CN=C(NCc1cc(Br)ccc1OC)NC1CCN(CC(F)F)CC1. The lowest BCUT2D eigenvalue weighted by atomic mass is 10.1. The number of benzene rings is 1. The Morgan fingerprint density at radius 2 is 2.12 bits per heavy atom. The van der Waals surface area contributed by atoms with E-state index in [1.165, 1.54) is 0 Å². The predicted octanol–water partition coefficient (Wildman–Crippen LogP) is 2.85. The molecule has 2 rings (SSSR count). The Morgan fingerprint density at radius 1 is 1.40 bits per heavy atom. The highest BCUT2D eigenvalue weighted by Crippen LogP contribution is 2.22. The van der Waals surface area contributed by atoms with Gasteiger partial charge in [-0.05, 0) is 31.0 Å². The van der Waals surface area contributed by atoms with E-state index in [2.05, 4.69) is 31.6 Å². The van der Waals surface area contributed by atoms with E-state index in [0.717, 1.165) is 28.6 Å². The quantitative estimate of drug-likeness (QED) is 0.550. The van der Waals surface area contributed by atoms with Gasteiger partial charge >= 0.3 is 0 Å². The zero-order valence-electron chi connectivity index (χ0n) is 14.6. The first-order chi connectivity index (χ1) is 12.0. The molecule has 2 N–H and O–H groups in total. The van der Waals surface area contributed by atoms with Gasteiger partial charge in [-0.15, -0.1) is 0 Å². The number of likely N-dealkylation sites (tertiary alicyclic amines) is 1. The third-order valence-corrected chi connectivity index (χ3v) is 4.73. The van der Waals surface area contributed by atoms with Crippen LogP contribution in [0.3, 0.4) is 0 Å². The van der Waals surface area contributed by atoms with E-state index in [1.807, 2.05) is 23.1 Å². The van der Waals surface area contributed by atoms with E-state index in [-0.39, 0.29) is 12.6 Å². The molecule has 0 amide bonds. The summed E-state index contributed by atoms with van der Waals surface area (Å²) in [5.41, 5.74) is 1.02. The third kappa shape index (κ3) is 6.43. The number of nitrogens with zero attached hydrogens (tertiary/aromatic N) is 2. The fourth-order valence-electron chi connectivity index (χ4n) is 2.91. The molecule has 140 valence electrons. The summed E-state index contributed by atoms with van der Waals surface area (Å²) in [6, 6.07) is 6.09. The summed E-state index contributed by atoms with van der Waals surface area (Å²) < 4.78 is 31.2. The van der Waals surface area contributed by atoms with Crippen molar-refractivity contribution in [2.45, 2.75) is 31.9 Å². The molecule has 0 spiro atoms. The first kappa shape index (κ1) is 19.9. The van der Waals surface area contributed by atoms with Gasteiger partial charge in [0, 0.05) is 42.8 Å². The summed E-state index contributed by atoms with van der Waals surface area (Å²) in [6.45, 7) is 1.80. The van der Waals surface area contributed by atoms with Gasteiger partial charge in [-0.3, -0.25) is 9.89 Å². The van der Waals surface area contributed by atoms with Crippen LogP contribution in [0.25, 0.3) is 0 Å². The number of hydrogen-bond donors (Lipinski definition) is 2. The third-order valence-electron chi connectivity index (χ3n) is 4.24. The van der Waals surface area contributed by atoms with Crippen LogP contribution < -0.4 is 15.4 Å². The lowest BCUT2D eigenvalue weighted by Crippen LogP contribution is -2.49. The largest absolute Gasteiger partial charge is 0.496 e. The van der Waals surface area contributed by atoms with E-state index >= 15 is 0 Å². The molecule has 1 aromatic rings. The Labute approximate surface area is 156 Å². The minimum Gasteiger partial charge on any atom is -0.496 e. The highest BCUT2D eigenvalue weighted by atomic mass is 79.9. The van der Waals surface area contributed by atoms with Crippen LogP contribution in [0.5, 0.6) is 5.75 Å². The smallest absolute Gasteiger partial charge is 0.251 e. The zero-order chi connectivity index (χ0) is 18.2. The molecule has 5 nitrogen and oxygen atoms in total. The van der Waals surface area contributed by atoms with Crippen molar-refractivity contribution in [2.24, 2.45) is 4.99 Å². The number of halogens is 3.